The number of rotatable bonds is 2. The molecule has 1 aromatic rings. The number of hydrogen-bond donors (Lipinski definition) is 1. The minimum absolute atomic E-state index is 0.0876. The third kappa shape index (κ3) is 2.52. The number of hydrogen-bond acceptors (Lipinski definition) is 2. The number of aldehydes is 1. The summed E-state index contributed by atoms with van der Waals surface area (Å²) in [7, 11) is 0. The monoisotopic (exact) mass is 258 g/mol. The maximum absolute atomic E-state index is 12.3. The average Bonchev–Trinajstić information content (AvgIpc) is 2.71. The van der Waals surface area contributed by atoms with Gasteiger partial charge in [-0.25, -0.2) is 4.79 Å². The Morgan fingerprint density at radius 3 is 2.47 bits per heavy atom. The number of carbonyl (C=O) groups is 2. The second-order valence-electron chi connectivity index (χ2n) is 4.84. The largest absolute Gasteiger partial charge is 0.322 e. The molecule has 2 amide bonds. The number of nitrogens with one attached hydrogen (secondary N) is 1. The van der Waals surface area contributed by atoms with Crippen LogP contribution in [0.1, 0.15) is 29.8 Å². The van der Waals surface area contributed by atoms with E-state index in [1.54, 1.807) is 23.1 Å². The number of urea groups is 1. The minimum Gasteiger partial charge on any atom is -0.312 e. The zero-order valence-corrected chi connectivity index (χ0v) is 11.4. The van der Waals surface area contributed by atoms with Crippen molar-refractivity contribution >= 4 is 18.0 Å². The van der Waals surface area contributed by atoms with E-state index in [-0.39, 0.29) is 18.1 Å². The van der Waals surface area contributed by atoms with Crippen LogP contribution in [0.4, 0.5) is 10.5 Å². The molecule has 0 radical (unpaired) electrons. The van der Waals surface area contributed by atoms with E-state index >= 15 is 0 Å². The highest BCUT2D eigenvalue weighted by Crippen LogP contribution is 2.21. The van der Waals surface area contributed by atoms with Crippen molar-refractivity contribution in [2.24, 2.45) is 0 Å². The highest BCUT2D eigenvalue weighted by Gasteiger charge is 2.27. The average molecular weight is 258 g/mol. The van der Waals surface area contributed by atoms with E-state index in [1.807, 2.05) is 32.9 Å². The van der Waals surface area contributed by atoms with Crippen molar-refractivity contribution in [2.75, 3.05) is 5.32 Å². The van der Waals surface area contributed by atoms with Gasteiger partial charge < -0.3 is 10.2 Å². The van der Waals surface area contributed by atoms with Gasteiger partial charge in [0.15, 0.2) is 0 Å². The standard InChI is InChI=1S/C15H18N2O2/c1-10-7-8-11(2)17(10)15(19)16-14-6-4-5-13(9-18)12(14)3/h4-11H,1-3H3,(H,16,19). The van der Waals surface area contributed by atoms with Crippen LogP contribution in [0.2, 0.25) is 0 Å². The maximum atomic E-state index is 12.3. The van der Waals surface area contributed by atoms with Gasteiger partial charge in [-0.3, -0.25) is 4.79 Å². The molecule has 0 bridgehead atoms. The van der Waals surface area contributed by atoms with E-state index < -0.39 is 0 Å². The van der Waals surface area contributed by atoms with Crippen LogP contribution < -0.4 is 5.32 Å². The molecule has 1 N–H and O–H groups in total. The molecule has 2 unspecified atom stereocenters. The Morgan fingerprint density at radius 1 is 1.26 bits per heavy atom. The summed E-state index contributed by atoms with van der Waals surface area (Å²) in [6.07, 6.45) is 4.82. The van der Waals surface area contributed by atoms with E-state index in [4.69, 9.17) is 0 Å². The highest BCUT2D eigenvalue weighted by molar-refractivity contribution is 5.93. The third-order valence-electron chi connectivity index (χ3n) is 3.52. The first-order valence-electron chi connectivity index (χ1n) is 6.37. The molecule has 19 heavy (non-hydrogen) atoms. The lowest BCUT2D eigenvalue weighted by molar-refractivity contribution is 0.112. The van der Waals surface area contributed by atoms with E-state index in [0.29, 0.717) is 11.3 Å². The Labute approximate surface area is 113 Å². The summed E-state index contributed by atoms with van der Waals surface area (Å²) in [6.45, 7) is 5.79. The zero-order valence-electron chi connectivity index (χ0n) is 11.4. The first kappa shape index (κ1) is 13.3. The molecular formula is C15H18N2O2. The van der Waals surface area contributed by atoms with Crippen molar-refractivity contribution in [3.05, 3.63) is 41.5 Å². The van der Waals surface area contributed by atoms with Crippen LogP contribution in [0.15, 0.2) is 30.4 Å². The SMILES string of the molecule is Cc1c(C=O)cccc1NC(=O)N1C(C)C=CC1C. The lowest BCUT2D eigenvalue weighted by Crippen LogP contribution is -2.42. The van der Waals surface area contributed by atoms with Crippen molar-refractivity contribution in [1.82, 2.24) is 4.90 Å². The molecule has 2 rings (SSSR count). The summed E-state index contributed by atoms with van der Waals surface area (Å²) in [5, 5.41) is 2.88. The lowest BCUT2D eigenvalue weighted by atomic mass is 10.1. The Morgan fingerprint density at radius 2 is 1.89 bits per heavy atom. The van der Waals surface area contributed by atoms with Crippen LogP contribution >= 0.6 is 0 Å². The topological polar surface area (TPSA) is 49.4 Å². The first-order chi connectivity index (χ1) is 9.04. The molecule has 0 saturated carbocycles. The number of carbonyl (C=O) groups excluding carboxylic acids is 2. The van der Waals surface area contributed by atoms with Crippen molar-refractivity contribution in [1.29, 1.82) is 0 Å². The van der Waals surface area contributed by atoms with Gasteiger partial charge in [0, 0.05) is 23.3 Å². The van der Waals surface area contributed by atoms with E-state index in [9.17, 15) is 9.59 Å². The Bertz CT molecular complexity index is 525. The van der Waals surface area contributed by atoms with E-state index in [0.717, 1.165) is 11.8 Å². The van der Waals surface area contributed by atoms with Crippen LogP contribution in [0.25, 0.3) is 0 Å². The molecule has 1 aliphatic heterocycles. The Hall–Kier alpha value is -2.10. The molecule has 0 aliphatic carbocycles. The lowest BCUT2D eigenvalue weighted by Gasteiger charge is -2.27. The van der Waals surface area contributed by atoms with Gasteiger partial charge in [0.2, 0.25) is 0 Å². The summed E-state index contributed by atoms with van der Waals surface area (Å²) in [5.41, 5.74) is 2.07. The van der Waals surface area contributed by atoms with Gasteiger partial charge >= 0.3 is 6.03 Å². The van der Waals surface area contributed by atoms with Gasteiger partial charge in [0.1, 0.15) is 6.29 Å². The fourth-order valence-electron chi connectivity index (χ4n) is 2.34. The van der Waals surface area contributed by atoms with Crippen LogP contribution in [-0.2, 0) is 0 Å². The fraction of sp³-hybridized carbons (Fsp3) is 0.333. The molecular weight excluding hydrogens is 240 g/mol. The number of benzene rings is 1. The quantitative estimate of drug-likeness (QED) is 0.655. The summed E-state index contributed by atoms with van der Waals surface area (Å²) >= 11 is 0. The van der Waals surface area contributed by atoms with Crippen molar-refractivity contribution in [3.63, 3.8) is 0 Å². The highest BCUT2D eigenvalue weighted by atomic mass is 16.2. The summed E-state index contributed by atoms with van der Waals surface area (Å²) < 4.78 is 0. The van der Waals surface area contributed by atoms with E-state index in [2.05, 4.69) is 5.32 Å². The second-order valence-corrected chi connectivity index (χ2v) is 4.84. The predicted octanol–water partition coefficient (Wildman–Crippen LogP) is 2.99. The van der Waals surface area contributed by atoms with Crippen LogP contribution in [0.5, 0.6) is 0 Å². The summed E-state index contributed by atoms with van der Waals surface area (Å²) in [4.78, 5) is 24.9. The molecule has 1 heterocycles. The Kier molecular flexibility index (Phi) is 3.69. The molecule has 0 spiro atoms. The molecule has 100 valence electrons. The number of amides is 2. The zero-order chi connectivity index (χ0) is 14.0. The number of anilines is 1. The maximum Gasteiger partial charge on any atom is 0.322 e. The van der Waals surface area contributed by atoms with Crippen molar-refractivity contribution in [3.8, 4) is 0 Å². The molecule has 0 aromatic heterocycles. The number of nitrogens with zero attached hydrogens (tertiary/aromatic N) is 1. The summed E-state index contributed by atoms with van der Waals surface area (Å²) in [6, 6.07) is 5.34. The smallest absolute Gasteiger partial charge is 0.312 e. The van der Waals surface area contributed by atoms with Crippen LogP contribution in [0, 0.1) is 6.92 Å². The van der Waals surface area contributed by atoms with Gasteiger partial charge in [0.05, 0.1) is 0 Å². The molecule has 0 saturated heterocycles. The van der Waals surface area contributed by atoms with Crippen LogP contribution in [-0.4, -0.2) is 29.3 Å². The minimum atomic E-state index is -0.142. The Balaban J connectivity index is 2.18. The molecule has 2 atom stereocenters. The molecule has 1 aliphatic rings. The normalized spacial score (nSPS) is 21.5. The third-order valence-corrected chi connectivity index (χ3v) is 3.52. The summed E-state index contributed by atoms with van der Waals surface area (Å²) in [5.74, 6) is 0. The van der Waals surface area contributed by atoms with Crippen LogP contribution in [0.3, 0.4) is 0 Å². The van der Waals surface area contributed by atoms with Gasteiger partial charge in [0.25, 0.3) is 0 Å². The molecule has 1 aromatic carbocycles. The molecule has 0 fully saturated rings. The first-order valence-corrected chi connectivity index (χ1v) is 6.37. The van der Waals surface area contributed by atoms with Crippen molar-refractivity contribution in [2.45, 2.75) is 32.9 Å². The van der Waals surface area contributed by atoms with Gasteiger partial charge in [-0.2, -0.15) is 0 Å². The second kappa shape index (κ2) is 5.26. The molecule has 4 nitrogen and oxygen atoms in total. The fourth-order valence-corrected chi connectivity index (χ4v) is 2.34. The van der Waals surface area contributed by atoms with Gasteiger partial charge in [-0.1, -0.05) is 24.3 Å². The molecule has 4 heteroatoms. The van der Waals surface area contributed by atoms with Gasteiger partial charge in [-0.15, -0.1) is 0 Å². The van der Waals surface area contributed by atoms with Crippen molar-refractivity contribution < 1.29 is 9.59 Å². The van der Waals surface area contributed by atoms with E-state index in [1.165, 1.54) is 0 Å². The van der Waals surface area contributed by atoms with Gasteiger partial charge in [-0.05, 0) is 32.4 Å². The predicted molar refractivity (Wildman–Crippen MR) is 75.5 cm³/mol.